The van der Waals surface area contributed by atoms with Crippen LogP contribution in [0, 0.1) is 5.41 Å². The Bertz CT molecular complexity index is 1940. The van der Waals surface area contributed by atoms with E-state index in [9.17, 15) is 18.3 Å². The Kier molecular flexibility index (Phi) is 8.44. The summed E-state index contributed by atoms with van der Waals surface area (Å²) >= 11 is 0. The highest BCUT2D eigenvalue weighted by Gasteiger charge is 2.34. The van der Waals surface area contributed by atoms with E-state index in [4.69, 9.17) is 0 Å². The lowest BCUT2D eigenvalue weighted by Crippen LogP contribution is -2.27. The summed E-state index contributed by atoms with van der Waals surface area (Å²) in [5.74, 6) is 0.000475. The van der Waals surface area contributed by atoms with Gasteiger partial charge in [-0.3, -0.25) is 5.10 Å². The summed E-state index contributed by atoms with van der Waals surface area (Å²) in [6.45, 7) is 15.0. The van der Waals surface area contributed by atoms with Crippen molar-refractivity contribution in [3.63, 3.8) is 0 Å². The minimum Gasteiger partial charge on any atom is -0.505 e. The molecule has 0 unspecified atom stereocenters. The standard InChI is InChI=1S/C30H34F3N3O.C6H5N3/c1-27(2,3)18-28(4,5)21-15-22(29(6,7)19-11-9-8-10-12-19)26(37)25(17-21)36-34-23-14-13-20(30(31,32)33)16-24(23)35-36;1-2-4-6-5(3-1)7-9-8-6/h8-17,37H,18H2,1-7H3;1-4H,(H,7,8,9). The molecule has 0 aliphatic rings. The number of hydrogen-bond donors (Lipinski definition) is 2. The molecule has 7 nitrogen and oxygen atoms in total. The molecular weight excluding hydrogens is 589 g/mol. The van der Waals surface area contributed by atoms with E-state index in [0.29, 0.717) is 16.8 Å². The predicted molar refractivity (Wildman–Crippen MR) is 175 cm³/mol. The first-order chi connectivity index (χ1) is 21.5. The Morgan fingerprint density at radius 2 is 1.35 bits per heavy atom. The van der Waals surface area contributed by atoms with Gasteiger partial charge in [-0.25, -0.2) is 0 Å². The van der Waals surface area contributed by atoms with Crippen molar-refractivity contribution in [2.45, 2.75) is 71.9 Å². The first kappa shape index (κ1) is 32.7. The Labute approximate surface area is 266 Å². The molecule has 2 N–H and O–H groups in total. The van der Waals surface area contributed by atoms with Crippen molar-refractivity contribution in [2.75, 3.05) is 0 Å². The van der Waals surface area contributed by atoms with Crippen LogP contribution in [-0.4, -0.2) is 35.5 Å². The summed E-state index contributed by atoms with van der Waals surface area (Å²) in [6, 6.07) is 24.8. The summed E-state index contributed by atoms with van der Waals surface area (Å²) in [6.07, 6.45) is -3.61. The number of rotatable bonds is 5. The number of halogens is 3. The maximum absolute atomic E-state index is 13.3. The number of nitrogens with zero attached hydrogens (tertiary/aromatic N) is 5. The number of phenols is 1. The van der Waals surface area contributed by atoms with E-state index in [1.54, 1.807) is 0 Å². The van der Waals surface area contributed by atoms with Crippen molar-refractivity contribution in [1.29, 1.82) is 0 Å². The van der Waals surface area contributed by atoms with Gasteiger partial charge in [-0.2, -0.15) is 13.2 Å². The van der Waals surface area contributed by atoms with Crippen molar-refractivity contribution >= 4 is 22.1 Å². The van der Waals surface area contributed by atoms with Crippen LogP contribution in [0.4, 0.5) is 13.2 Å². The normalized spacial score (nSPS) is 12.7. The van der Waals surface area contributed by atoms with Crippen LogP contribution in [0.15, 0.2) is 84.9 Å². The van der Waals surface area contributed by atoms with Gasteiger partial charge in [0.15, 0.2) is 0 Å². The van der Waals surface area contributed by atoms with Gasteiger partial charge in [0.1, 0.15) is 28.0 Å². The van der Waals surface area contributed by atoms with E-state index in [2.05, 4.69) is 60.2 Å². The molecule has 0 saturated heterocycles. The molecule has 0 aliphatic carbocycles. The summed E-state index contributed by atoms with van der Waals surface area (Å²) in [7, 11) is 0. The molecule has 10 heteroatoms. The molecule has 2 aromatic heterocycles. The maximum Gasteiger partial charge on any atom is 0.416 e. The van der Waals surface area contributed by atoms with Crippen LogP contribution in [-0.2, 0) is 17.0 Å². The second-order valence-electron chi connectivity index (χ2n) is 14.0. The molecule has 0 fully saturated rings. The van der Waals surface area contributed by atoms with Crippen molar-refractivity contribution in [1.82, 2.24) is 30.4 Å². The lowest BCUT2D eigenvalue weighted by atomic mass is 9.70. The fourth-order valence-corrected chi connectivity index (χ4v) is 6.06. The quantitative estimate of drug-likeness (QED) is 0.199. The van der Waals surface area contributed by atoms with Crippen LogP contribution in [0.5, 0.6) is 5.75 Å². The molecule has 240 valence electrons. The molecule has 46 heavy (non-hydrogen) atoms. The average Bonchev–Trinajstić information content (AvgIpc) is 3.63. The third-order valence-electron chi connectivity index (χ3n) is 8.17. The highest BCUT2D eigenvalue weighted by atomic mass is 19.4. The van der Waals surface area contributed by atoms with Crippen LogP contribution >= 0.6 is 0 Å². The number of para-hydroxylation sites is 1. The van der Waals surface area contributed by atoms with Crippen molar-refractivity contribution in [2.24, 2.45) is 5.41 Å². The molecule has 0 bridgehead atoms. The lowest BCUT2D eigenvalue weighted by Gasteiger charge is -2.35. The number of phenolic OH excluding ortho intramolecular Hbond substituents is 1. The number of alkyl halides is 3. The zero-order valence-corrected chi connectivity index (χ0v) is 27.1. The Morgan fingerprint density at radius 1 is 0.696 bits per heavy atom. The highest BCUT2D eigenvalue weighted by Crippen LogP contribution is 2.45. The number of aromatic nitrogens is 6. The Hall–Kier alpha value is -4.73. The Morgan fingerprint density at radius 3 is 2.00 bits per heavy atom. The van der Waals surface area contributed by atoms with Gasteiger partial charge >= 0.3 is 6.18 Å². The van der Waals surface area contributed by atoms with Crippen LogP contribution in [0.1, 0.15) is 77.1 Å². The Balaban J connectivity index is 0.000000393. The number of hydrogen-bond acceptors (Lipinski definition) is 5. The van der Waals surface area contributed by atoms with Gasteiger partial charge in [0, 0.05) is 11.0 Å². The van der Waals surface area contributed by atoms with Gasteiger partial charge in [0.2, 0.25) is 0 Å². The van der Waals surface area contributed by atoms with E-state index in [1.165, 1.54) is 10.9 Å². The van der Waals surface area contributed by atoms with Crippen LogP contribution in [0.2, 0.25) is 0 Å². The average molecular weight is 629 g/mol. The molecule has 0 amide bonds. The molecule has 0 aliphatic heterocycles. The largest absolute Gasteiger partial charge is 0.505 e. The zero-order valence-electron chi connectivity index (χ0n) is 27.1. The van der Waals surface area contributed by atoms with E-state index >= 15 is 0 Å². The number of nitrogens with one attached hydrogen (secondary N) is 1. The fourth-order valence-electron chi connectivity index (χ4n) is 6.06. The van der Waals surface area contributed by atoms with Gasteiger partial charge in [-0.1, -0.05) is 102 Å². The monoisotopic (exact) mass is 628 g/mol. The van der Waals surface area contributed by atoms with Gasteiger partial charge in [0.05, 0.1) is 11.1 Å². The van der Waals surface area contributed by atoms with Gasteiger partial charge < -0.3 is 5.11 Å². The number of aromatic hydroxyl groups is 1. The summed E-state index contributed by atoms with van der Waals surface area (Å²) in [5.41, 5.74) is 3.80. The van der Waals surface area contributed by atoms with Gasteiger partial charge in [0.25, 0.3) is 0 Å². The molecule has 0 radical (unpaired) electrons. The number of fused-ring (bicyclic) bond motifs is 2. The summed E-state index contributed by atoms with van der Waals surface area (Å²) < 4.78 is 39.8. The molecule has 0 spiro atoms. The first-order valence-corrected chi connectivity index (χ1v) is 15.1. The van der Waals surface area contributed by atoms with Crippen LogP contribution in [0.25, 0.3) is 27.8 Å². The summed E-state index contributed by atoms with van der Waals surface area (Å²) in [5, 5.41) is 30.6. The third kappa shape index (κ3) is 6.90. The molecular formula is C36H39F3N6O. The number of benzene rings is 4. The molecule has 2 heterocycles. The second-order valence-corrected chi connectivity index (χ2v) is 14.0. The smallest absolute Gasteiger partial charge is 0.416 e. The lowest BCUT2D eigenvalue weighted by molar-refractivity contribution is -0.137. The van der Waals surface area contributed by atoms with E-state index in [0.717, 1.165) is 40.7 Å². The number of H-pyrrole nitrogens is 1. The zero-order chi connectivity index (χ0) is 33.5. The molecule has 6 aromatic rings. The SMILES string of the molecule is CC(C)(C)CC(C)(C)c1cc(-n2nc3ccc(C(F)(F)F)cc3n2)c(O)c(C(C)(C)c2ccccc2)c1.c1ccc2[nH]nnc2c1. The summed E-state index contributed by atoms with van der Waals surface area (Å²) in [4.78, 5) is 1.25. The first-order valence-electron chi connectivity index (χ1n) is 15.1. The van der Waals surface area contributed by atoms with Crippen LogP contribution < -0.4 is 0 Å². The maximum atomic E-state index is 13.3. The second kappa shape index (κ2) is 11.9. The minimum atomic E-state index is -4.48. The molecule has 0 saturated carbocycles. The van der Waals surface area contributed by atoms with Crippen LogP contribution in [0.3, 0.4) is 0 Å². The van der Waals surface area contributed by atoms with Crippen molar-refractivity contribution in [3.05, 3.63) is 107 Å². The number of aromatic amines is 1. The molecule has 4 aromatic carbocycles. The highest BCUT2D eigenvalue weighted by molar-refractivity contribution is 5.75. The third-order valence-corrected chi connectivity index (χ3v) is 8.17. The van der Waals surface area contributed by atoms with Gasteiger partial charge in [-0.15, -0.1) is 20.1 Å². The van der Waals surface area contributed by atoms with Gasteiger partial charge in [-0.05, 0) is 64.8 Å². The predicted octanol–water partition coefficient (Wildman–Crippen LogP) is 9.14. The van der Waals surface area contributed by atoms with E-state index < -0.39 is 17.2 Å². The molecule has 0 atom stereocenters. The topological polar surface area (TPSA) is 92.5 Å². The molecule has 6 rings (SSSR count). The fraction of sp³-hybridized carbons (Fsp3) is 0.333. The van der Waals surface area contributed by atoms with Crippen molar-refractivity contribution < 1.29 is 18.3 Å². The van der Waals surface area contributed by atoms with Crippen molar-refractivity contribution in [3.8, 4) is 11.4 Å². The van der Waals surface area contributed by atoms with E-state index in [1.807, 2.05) is 80.6 Å². The minimum absolute atomic E-state index is 0.000475. The van der Waals surface area contributed by atoms with E-state index in [-0.39, 0.29) is 22.1 Å².